The van der Waals surface area contributed by atoms with Crippen LogP contribution in [-0.4, -0.2) is 48.6 Å². The molecule has 1 aromatic rings. The minimum Gasteiger partial charge on any atom is -0.511 e. The van der Waals surface area contributed by atoms with E-state index in [1.807, 2.05) is 0 Å². The summed E-state index contributed by atoms with van der Waals surface area (Å²) in [7, 11) is 0. The normalized spacial score (nSPS) is 28.8. The van der Waals surface area contributed by atoms with Crippen LogP contribution < -0.4 is 5.73 Å². The Labute approximate surface area is 164 Å². The Hall–Kier alpha value is -3.17. The molecular formula is C20H19NO8. The van der Waals surface area contributed by atoms with E-state index in [9.17, 15) is 39.9 Å². The number of carbonyl (C=O) groups excluding carboxylic acids is 3. The van der Waals surface area contributed by atoms with Crippen molar-refractivity contribution < 1.29 is 39.9 Å². The molecule has 4 rings (SSSR count). The summed E-state index contributed by atoms with van der Waals surface area (Å²) >= 11 is 0. The first-order valence-corrected chi connectivity index (χ1v) is 9.04. The number of fused-ring (bicyclic) bond motifs is 3. The number of ketones is 2. The highest BCUT2D eigenvalue weighted by Crippen LogP contribution is 2.51. The topological polar surface area (TPSA) is 178 Å². The Bertz CT molecular complexity index is 1050. The third kappa shape index (κ3) is 2.37. The molecule has 0 spiro atoms. The molecule has 3 atom stereocenters. The lowest BCUT2D eigenvalue weighted by Crippen LogP contribution is -2.57. The Morgan fingerprint density at radius 1 is 1.17 bits per heavy atom. The second-order valence-corrected chi connectivity index (χ2v) is 7.67. The fourth-order valence-corrected chi connectivity index (χ4v) is 4.83. The van der Waals surface area contributed by atoms with Gasteiger partial charge < -0.3 is 31.3 Å². The summed E-state index contributed by atoms with van der Waals surface area (Å²) in [4.78, 5) is 37.5. The van der Waals surface area contributed by atoms with Crippen molar-refractivity contribution in [2.24, 2.45) is 17.6 Å². The predicted molar refractivity (Wildman–Crippen MR) is 96.7 cm³/mol. The van der Waals surface area contributed by atoms with Crippen molar-refractivity contribution >= 4 is 17.5 Å². The van der Waals surface area contributed by atoms with Gasteiger partial charge in [0, 0.05) is 17.9 Å². The van der Waals surface area contributed by atoms with E-state index in [4.69, 9.17) is 5.73 Å². The molecule has 0 saturated carbocycles. The van der Waals surface area contributed by atoms with Gasteiger partial charge in [0.1, 0.15) is 22.8 Å². The number of carbonyl (C=O) groups is 3. The summed E-state index contributed by atoms with van der Waals surface area (Å²) in [5.74, 6) is -6.65. The third-order valence-corrected chi connectivity index (χ3v) is 6.21. The standard InChI is InChI=1S/C20H19NO8/c21-19(28)15-12(24)5-9-3-8-4-10-7(6-22)1-2-11(23)14(10)16(25)13(8)17(26)20(9,29)18(15)27/h1-2,8-9,22-24,26,29H,3-6H2,(H2,21,28)/t8-,9+,20+/m1/s1. The molecule has 0 radical (unpaired) electrons. The van der Waals surface area contributed by atoms with Crippen LogP contribution in [0.25, 0.3) is 0 Å². The lowest BCUT2D eigenvalue weighted by atomic mass is 9.60. The van der Waals surface area contributed by atoms with Crippen molar-refractivity contribution in [2.75, 3.05) is 0 Å². The van der Waals surface area contributed by atoms with E-state index in [1.54, 1.807) is 0 Å². The number of rotatable bonds is 2. The van der Waals surface area contributed by atoms with Crippen molar-refractivity contribution in [3.8, 4) is 5.75 Å². The molecule has 0 aliphatic heterocycles. The number of allylic oxidation sites excluding steroid dienone is 2. The number of aromatic hydroxyl groups is 1. The molecule has 0 unspecified atom stereocenters. The van der Waals surface area contributed by atoms with Crippen LogP contribution in [0.4, 0.5) is 0 Å². The van der Waals surface area contributed by atoms with Gasteiger partial charge in [-0.15, -0.1) is 0 Å². The number of amides is 1. The fraction of sp³-hybridized carbons (Fsp3) is 0.350. The lowest BCUT2D eigenvalue weighted by Gasteiger charge is -2.45. The number of aliphatic hydroxyl groups excluding tert-OH is 3. The van der Waals surface area contributed by atoms with Crippen molar-refractivity contribution in [1.82, 2.24) is 0 Å². The number of hydrogen-bond acceptors (Lipinski definition) is 8. The average molecular weight is 401 g/mol. The minimum absolute atomic E-state index is 0.0590. The number of aliphatic hydroxyl groups is 4. The highest BCUT2D eigenvalue weighted by molar-refractivity contribution is 6.24. The van der Waals surface area contributed by atoms with Gasteiger partial charge in [0.25, 0.3) is 5.91 Å². The van der Waals surface area contributed by atoms with E-state index in [0.29, 0.717) is 11.1 Å². The van der Waals surface area contributed by atoms with Crippen LogP contribution in [0.15, 0.2) is 34.8 Å². The van der Waals surface area contributed by atoms with Crippen LogP contribution in [-0.2, 0) is 22.6 Å². The van der Waals surface area contributed by atoms with Gasteiger partial charge in [0.2, 0.25) is 5.78 Å². The molecule has 0 heterocycles. The average Bonchev–Trinajstić information content (AvgIpc) is 2.64. The Balaban J connectivity index is 1.92. The molecule has 9 heteroatoms. The molecule has 1 aromatic carbocycles. The largest absolute Gasteiger partial charge is 0.511 e. The molecule has 152 valence electrons. The zero-order chi connectivity index (χ0) is 21.2. The van der Waals surface area contributed by atoms with Gasteiger partial charge in [0.15, 0.2) is 11.4 Å². The number of hydrogen-bond donors (Lipinski definition) is 6. The summed E-state index contributed by atoms with van der Waals surface area (Å²) < 4.78 is 0. The number of phenols is 1. The van der Waals surface area contributed by atoms with Crippen molar-refractivity contribution in [3.05, 3.63) is 51.5 Å². The van der Waals surface area contributed by atoms with Crippen LogP contribution in [0.2, 0.25) is 0 Å². The third-order valence-electron chi connectivity index (χ3n) is 6.21. The van der Waals surface area contributed by atoms with E-state index in [0.717, 1.165) is 0 Å². The quantitative estimate of drug-likeness (QED) is 0.377. The van der Waals surface area contributed by atoms with Gasteiger partial charge >= 0.3 is 0 Å². The number of primary amides is 1. The molecule has 0 fully saturated rings. The number of nitrogens with two attached hydrogens (primary N) is 1. The van der Waals surface area contributed by atoms with Crippen LogP contribution in [0.5, 0.6) is 5.75 Å². The second kappa shape index (κ2) is 6.16. The minimum atomic E-state index is -2.57. The number of benzene rings is 1. The zero-order valence-electron chi connectivity index (χ0n) is 15.2. The highest BCUT2D eigenvalue weighted by Gasteiger charge is 2.59. The van der Waals surface area contributed by atoms with Gasteiger partial charge in [-0.3, -0.25) is 14.4 Å². The van der Waals surface area contributed by atoms with Crippen LogP contribution in [0.1, 0.15) is 34.3 Å². The van der Waals surface area contributed by atoms with Crippen molar-refractivity contribution in [3.63, 3.8) is 0 Å². The second-order valence-electron chi connectivity index (χ2n) is 7.67. The highest BCUT2D eigenvalue weighted by atomic mass is 16.3. The number of phenolic OH excluding ortho intramolecular Hbond substituents is 1. The maximum absolute atomic E-state index is 13.1. The first kappa shape index (κ1) is 19.2. The smallest absolute Gasteiger partial charge is 0.255 e. The van der Waals surface area contributed by atoms with Crippen LogP contribution >= 0.6 is 0 Å². The van der Waals surface area contributed by atoms with Crippen LogP contribution in [0, 0.1) is 11.8 Å². The SMILES string of the molecule is NC(=O)C1=C(O)C[C@@H]2C[C@@H]3Cc4c(CO)ccc(O)c4C(=O)C3=C(O)[C@]2(O)C1=O. The van der Waals surface area contributed by atoms with Crippen molar-refractivity contribution in [1.29, 1.82) is 0 Å². The molecule has 1 amide bonds. The van der Waals surface area contributed by atoms with Crippen molar-refractivity contribution in [2.45, 2.75) is 31.5 Å². The van der Waals surface area contributed by atoms with E-state index in [-0.39, 0.29) is 42.8 Å². The summed E-state index contributed by atoms with van der Waals surface area (Å²) in [6.45, 7) is -0.356. The molecule has 29 heavy (non-hydrogen) atoms. The van der Waals surface area contributed by atoms with E-state index in [1.165, 1.54) is 12.1 Å². The fourth-order valence-electron chi connectivity index (χ4n) is 4.83. The maximum Gasteiger partial charge on any atom is 0.255 e. The van der Waals surface area contributed by atoms with Gasteiger partial charge in [0.05, 0.1) is 12.2 Å². The van der Waals surface area contributed by atoms with Gasteiger partial charge in [-0.25, -0.2) is 0 Å². The summed E-state index contributed by atoms with van der Waals surface area (Å²) in [5, 5.41) is 51.8. The van der Waals surface area contributed by atoms with Gasteiger partial charge in [-0.05, 0) is 36.0 Å². The zero-order valence-corrected chi connectivity index (χ0v) is 15.2. The molecule has 3 aliphatic rings. The molecule has 0 bridgehead atoms. The molecule has 0 aromatic heterocycles. The Morgan fingerprint density at radius 3 is 2.48 bits per heavy atom. The van der Waals surface area contributed by atoms with E-state index in [2.05, 4.69) is 0 Å². The molecule has 0 saturated heterocycles. The molecular weight excluding hydrogens is 382 g/mol. The summed E-state index contributed by atoms with van der Waals surface area (Å²) in [6, 6.07) is 2.74. The number of Topliss-reactive ketones (excluding diaryl/α,β-unsaturated/α-hetero) is 2. The monoisotopic (exact) mass is 401 g/mol. The van der Waals surface area contributed by atoms with Gasteiger partial charge in [-0.2, -0.15) is 0 Å². The summed E-state index contributed by atoms with van der Waals surface area (Å²) in [5.41, 5.74) is 2.32. The van der Waals surface area contributed by atoms with Gasteiger partial charge in [-0.1, -0.05) is 6.07 Å². The predicted octanol–water partition coefficient (Wildman–Crippen LogP) is 0.0728. The summed E-state index contributed by atoms with van der Waals surface area (Å²) in [6.07, 6.45) is -0.0373. The Morgan fingerprint density at radius 2 is 1.86 bits per heavy atom. The Kier molecular flexibility index (Phi) is 4.07. The van der Waals surface area contributed by atoms with E-state index >= 15 is 0 Å². The molecule has 3 aliphatic carbocycles. The van der Waals surface area contributed by atoms with E-state index < -0.39 is 52.0 Å². The molecule has 7 N–H and O–H groups in total. The van der Waals surface area contributed by atoms with Crippen LogP contribution in [0.3, 0.4) is 0 Å². The molecule has 9 nitrogen and oxygen atoms in total. The first-order chi connectivity index (χ1) is 13.6. The maximum atomic E-state index is 13.1. The first-order valence-electron chi connectivity index (χ1n) is 9.04. The lowest BCUT2D eigenvalue weighted by molar-refractivity contribution is -0.144.